The van der Waals surface area contributed by atoms with Gasteiger partial charge in [-0.3, -0.25) is 4.79 Å². The molecule has 1 aromatic heterocycles. The zero-order chi connectivity index (χ0) is 17.1. The highest BCUT2D eigenvalue weighted by molar-refractivity contribution is 6.05. The number of aromatic nitrogens is 2. The smallest absolute Gasteiger partial charge is 0.253 e. The molecule has 0 saturated heterocycles. The van der Waals surface area contributed by atoms with Gasteiger partial charge in [0.2, 0.25) is 0 Å². The Kier molecular flexibility index (Phi) is 4.48. The largest absolute Gasteiger partial charge is 0.398 e. The molecule has 0 atom stereocenters. The molecule has 2 aromatic carbocycles. The number of nitrogen functional groups attached to an aromatic ring is 1. The van der Waals surface area contributed by atoms with E-state index in [-0.39, 0.29) is 5.91 Å². The van der Waals surface area contributed by atoms with E-state index in [1.165, 1.54) is 0 Å². The molecule has 24 heavy (non-hydrogen) atoms. The maximum atomic E-state index is 12.4. The number of anilines is 1. The first-order chi connectivity index (χ1) is 11.6. The average molecular weight is 323 g/mol. The molecule has 0 spiro atoms. The molecule has 6 heteroatoms. The fourth-order valence-corrected chi connectivity index (χ4v) is 2.54. The number of carbonyl (C=O) groups excluding carboxylic acids is 1. The summed E-state index contributed by atoms with van der Waals surface area (Å²) in [5.74, 6) is 0.540. The van der Waals surface area contributed by atoms with E-state index in [0.29, 0.717) is 29.1 Å². The van der Waals surface area contributed by atoms with Gasteiger partial charge in [0.1, 0.15) is 11.3 Å². The third kappa shape index (κ3) is 3.23. The predicted octanol–water partition coefficient (Wildman–Crippen LogP) is 2.10. The van der Waals surface area contributed by atoms with E-state index >= 15 is 0 Å². The van der Waals surface area contributed by atoms with Crippen LogP contribution in [0.5, 0.6) is 0 Å². The zero-order valence-corrected chi connectivity index (χ0v) is 13.8. The SMILES string of the molecule is CN(C)CCNC(=O)c1cccc2[nH]c(-c3ccccc3N)nc12. The van der Waals surface area contributed by atoms with Crippen molar-refractivity contribution in [3.8, 4) is 11.4 Å². The first-order valence-corrected chi connectivity index (χ1v) is 7.83. The molecule has 1 amide bonds. The second-order valence-corrected chi connectivity index (χ2v) is 5.93. The number of fused-ring (bicyclic) bond motifs is 1. The Hall–Kier alpha value is -2.86. The van der Waals surface area contributed by atoms with Crippen LogP contribution in [0, 0.1) is 0 Å². The first-order valence-electron chi connectivity index (χ1n) is 7.83. The van der Waals surface area contributed by atoms with Crippen LogP contribution in [0.25, 0.3) is 22.4 Å². The molecule has 4 N–H and O–H groups in total. The highest BCUT2D eigenvalue weighted by atomic mass is 16.1. The van der Waals surface area contributed by atoms with Crippen LogP contribution in [0.1, 0.15) is 10.4 Å². The molecule has 0 aliphatic heterocycles. The topological polar surface area (TPSA) is 87.0 Å². The van der Waals surface area contributed by atoms with Gasteiger partial charge in [-0.15, -0.1) is 0 Å². The molecule has 0 aliphatic carbocycles. The van der Waals surface area contributed by atoms with E-state index in [1.54, 1.807) is 6.07 Å². The molecule has 0 aliphatic rings. The van der Waals surface area contributed by atoms with Gasteiger partial charge in [-0.25, -0.2) is 4.98 Å². The third-order valence-corrected chi connectivity index (χ3v) is 3.82. The average Bonchev–Trinajstić information content (AvgIpc) is 2.98. The summed E-state index contributed by atoms with van der Waals surface area (Å²) in [6, 6.07) is 13.1. The molecule has 0 saturated carbocycles. The summed E-state index contributed by atoms with van der Waals surface area (Å²) < 4.78 is 0. The molecular formula is C18H21N5O. The minimum atomic E-state index is -0.124. The Labute approximate surface area is 140 Å². The normalized spacial score (nSPS) is 11.1. The summed E-state index contributed by atoms with van der Waals surface area (Å²) in [6.45, 7) is 1.37. The highest BCUT2D eigenvalue weighted by Crippen LogP contribution is 2.26. The first kappa shape index (κ1) is 16.0. The molecule has 0 fully saturated rings. The number of carbonyl (C=O) groups is 1. The van der Waals surface area contributed by atoms with Crippen molar-refractivity contribution in [3.05, 3.63) is 48.0 Å². The number of hydrogen-bond donors (Lipinski definition) is 3. The number of nitrogens with one attached hydrogen (secondary N) is 2. The number of rotatable bonds is 5. The molecular weight excluding hydrogens is 302 g/mol. The molecule has 3 rings (SSSR count). The lowest BCUT2D eigenvalue weighted by molar-refractivity contribution is 0.0952. The van der Waals surface area contributed by atoms with Gasteiger partial charge >= 0.3 is 0 Å². The van der Waals surface area contributed by atoms with Crippen molar-refractivity contribution in [2.24, 2.45) is 0 Å². The van der Waals surface area contributed by atoms with Crippen molar-refractivity contribution in [1.29, 1.82) is 0 Å². The molecule has 3 aromatic rings. The van der Waals surface area contributed by atoms with Crippen molar-refractivity contribution in [3.63, 3.8) is 0 Å². The van der Waals surface area contributed by atoms with E-state index in [9.17, 15) is 4.79 Å². The number of hydrogen-bond acceptors (Lipinski definition) is 4. The van der Waals surface area contributed by atoms with E-state index < -0.39 is 0 Å². The van der Waals surface area contributed by atoms with Gasteiger partial charge in [-0.2, -0.15) is 0 Å². The van der Waals surface area contributed by atoms with Crippen molar-refractivity contribution in [2.45, 2.75) is 0 Å². The van der Waals surface area contributed by atoms with E-state index in [1.807, 2.05) is 55.4 Å². The summed E-state index contributed by atoms with van der Waals surface area (Å²) in [5, 5.41) is 2.92. The minimum Gasteiger partial charge on any atom is -0.398 e. The molecule has 6 nitrogen and oxygen atoms in total. The lowest BCUT2D eigenvalue weighted by Gasteiger charge is -2.10. The Morgan fingerprint density at radius 1 is 1.21 bits per heavy atom. The summed E-state index contributed by atoms with van der Waals surface area (Å²) in [5.41, 5.74) is 9.52. The van der Waals surface area contributed by atoms with Gasteiger partial charge in [0.15, 0.2) is 0 Å². The lowest BCUT2D eigenvalue weighted by Crippen LogP contribution is -2.31. The number of aromatic amines is 1. The van der Waals surface area contributed by atoms with Crippen LogP contribution in [0.2, 0.25) is 0 Å². The van der Waals surface area contributed by atoms with E-state index in [0.717, 1.165) is 17.6 Å². The van der Waals surface area contributed by atoms with Crippen LogP contribution in [-0.2, 0) is 0 Å². The van der Waals surface area contributed by atoms with Crippen molar-refractivity contribution in [2.75, 3.05) is 32.9 Å². The maximum Gasteiger partial charge on any atom is 0.253 e. The van der Waals surface area contributed by atoms with E-state index in [2.05, 4.69) is 15.3 Å². The number of imidazole rings is 1. The van der Waals surface area contributed by atoms with Crippen molar-refractivity contribution in [1.82, 2.24) is 20.2 Å². The summed E-state index contributed by atoms with van der Waals surface area (Å²) in [4.78, 5) is 22.3. The number of H-pyrrole nitrogens is 1. The monoisotopic (exact) mass is 323 g/mol. The maximum absolute atomic E-state index is 12.4. The van der Waals surface area contributed by atoms with Crippen molar-refractivity contribution < 1.29 is 4.79 Å². The number of amides is 1. The highest BCUT2D eigenvalue weighted by Gasteiger charge is 2.15. The quantitative estimate of drug-likeness (QED) is 0.628. The number of nitrogens with two attached hydrogens (primary N) is 1. The molecule has 0 bridgehead atoms. The Balaban J connectivity index is 1.93. The summed E-state index contributed by atoms with van der Waals surface area (Å²) in [6.07, 6.45) is 0. The van der Waals surface area contributed by atoms with E-state index in [4.69, 9.17) is 5.73 Å². The molecule has 1 heterocycles. The zero-order valence-electron chi connectivity index (χ0n) is 13.8. The van der Waals surface area contributed by atoms with Gasteiger partial charge < -0.3 is 20.9 Å². The second-order valence-electron chi connectivity index (χ2n) is 5.93. The fraction of sp³-hybridized carbons (Fsp3) is 0.222. The molecule has 0 radical (unpaired) electrons. The van der Waals surface area contributed by atoms with Gasteiger partial charge in [0.05, 0.1) is 11.1 Å². The van der Waals surface area contributed by atoms with Crippen LogP contribution in [-0.4, -0.2) is 48.0 Å². The number of benzene rings is 2. The predicted molar refractivity (Wildman–Crippen MR) is 96.8 cm³/mol. The van der Waals surface area contributed by atoms with Crippen LogP contribution in [0.3, 0.4) is 0 Å². The molecule has 124 valence electrons. The fourth-order valence-electron chi connectivity index (χ4n) is 2.54. The van der Waals surface area contributed by atoms with Crippen LogP contribution in [0.4, 0.5) is 5.69 Å². The summed E-state index contributed by atoms with van der Waals surface area (Å²) >= 11 is 0. The number of para-hydroxylation sites is 2. The van der Waals surface area contributed by atoms with Crippen LogP contribution >= 0.6 is 0 Å². The third-order valence-electron chi connectivity index (χ3n) is 3.82. The van der Waals surface area contributed by atoms with Crippen LogP contribution < -0.4 is 11.1 Å². The standard InChI is InChI=1S/C18H21N5O/c1-23(2)11-10-20-18(24)13-7-5-9-15-16(13)22-17(21-15)12-6-3-4-8-14(12)19/h3-9H,10-11,19H2,1-2H3,(H,20,24)(H,21,22). The van der Waals surface area contributed by atoms with Gasteiger partial charge in [-0.1, -0.05) is 18.2 Å². The van der Waals surface area contributed by atoms with Gasteiger partial charge in [-0.05, 0) is 38.4 Å². The minimum absolute atomic E-state index is 0.124. The Bertz CT molecular complexity index is 869. The molecule has 0 unspecified atom stereocenters. The Morgan fingerprint density at radius 3 is 2.75 bits per heavy atom. The number of nitrogens with zero attached hydrogens (tertiary/aromatic N) is 2. The van der Waals surface area contributed by atoms with Crippen LogP contribution in [0.15, 0.2) is 42.5 Å². The number of likely N-dealkylation sites (N-methyl/N-ethyl adjacent to an activating group) is 1. The van der Waals surface area contributed by atoms with Gasteiger partial charge in [0, 0.05) is 24.3 Å². The summed E-state index contributed by atoms with van der Waals surface area (Å²) in [7, 11) is 3.94. The lowest BCUT2D eigenvalue weighted by atomic mass is 10.1. The Morgan fingerprint density at radius 2 is 2.00 bits per heavy atom. The van der Waals surface area contributed by atoms with Gasteiger partial charge in [0.25, 0.3) is 5.91 Å². The van der Waals surface area contributed by atoms with Crippen molar-refractivity contribution >= 4 is 22.6 Å². The second kappa shape index (κ2) is 6.72.